The summed E-state index contributed by atoms with van der Waals surface area (Å²) in [7, 11) is 0. The second-order valence-electron chi connectivity index (χ2n) is 5.02. The van der Waals surface area contributed by atoms with Crippen LogP contribution in [0, 0.1) is 0 Å². The van der Waals surface area contributed by atoms with Crippen LogP contribution in [0.5, 0.6) is 0 Å². The number of halogens is 1. The molecule has 1 amide bonds. The van der Waals surface area contributed by atoms with Crippen LogP contribution in [0.4, 0.5) is 5.69 Å². The summed E-state index contributed by atoms with van der Waals surface area (Å²) in [6.07, 6.45) is 0.157. The van der Waals surface area contributed by atoms with Gasteiger partial charge in [-0.2, -0.15) is 0 Å². The number of aromatic amines is 2. The second kappa shape index (κ2) is 6.10. The lowest BCUT2D eigenvalue weighted by Crippen LogP contribution is -2.19. The average Bonchev–Trinajstić information content (AvgIpc) is 2.51. The van der Waals surface area contributed by atoms with Gasteiger partial charge in [0.25, 0.3) is 11.1 Å². The number of hydrogen-bond acceptors (Lipinski definition) is 3. The predicted octanol–water partition coefficient (Wildman–Crippen LogP) is 2.05. The van der Waals surface area contributed by atoms with Crippen LogP contribution in [0.25, 0.3) is 10.8 Å². The van der Waals surface area contributed by atoms with Crippen molar-refractivity contribution in [1.29, 1.82) is 0 Å². The van der Waals surface area contributed by atoms with E-state index in [-0.39, 0.29) is 23.1 Å². The van der Waals surface area contributed by atoms with Gasteiger partial charge in [0, 0.05) is 10.7 Å². The number of H-pyrrole nitrogens is 2. The minimum Gasteiger partial charge on any atom is -0.326 e. The summed E-state index contributed by atoms with van der Waals surface area (Å²) >= 11 is 5.88. The molecule has 2 aromatic carbocycles. The number of fused-ring (bicyclic) bond motifs is 1. The van der Waals surface area contributed by atoms with Crippen molar-refractivity contribution < 1.29 is 4.79 Å². The van der Waals surface area contributed by atoms with E-state index in [4.69, 9.17) is 11.6 Å². The quantitative estimate of drug-likeness (QED) is 0.686. The Labute approximate surface area is 135 Å². The standard InChI is InChI=1S/C16H12ClN3O3/c17-10-3-1-2-9(6-10)7-14(21)18-11-4-5-12-13(8-11)16(23)20-19-15(12)22/h1-6,8H,7H2,(H,18,21)(H,19,22)(H,20,23). The van der Waals surface area contributed by atoms with E-state index in [1.165, 1.54) is 12.1 Å². The van der Waals surface area contributed by atoms with Gasteiger partial charge in [-0.05, 0) is 35.9 Å². The van der Waals surface area contributed by atoms with Crippen molar-refractivity contribution in [2.24, 2.45) is 0 Å². The van der Waals surface area contributed by atoms with Gasteiger partial charge in [-0.25, -0.2) is 0 Å². The molecule has 3 aromatic rings. The first-order valence-electron chi connectivity index (χ1n) is 6.82. The highest BCUT2D eigenvalue weighted by Gasteiger charge is 2.08. The number of nitrogens with one attached hydrogen (secondary N) is 3. The topological polar surface area (TPSA) is 94.8 Å². The SMILES string of the molecule is O=C(Cc1cccc(Cl)c1)Nc1ccc2c(=O)[nH][nH]c(=O)c2c1. The van der Waals surface area contributed by atoms with E-state index >= 15 is 0 Å². The minimum absolute atomic E-state index is 0.157. The van der Waals surface area contributed by atoms with E-state index in [1.54, 1.807) is 30.3 Å². The van der Waals surface area contributed by atoms with E-state index < -0.39 is 11.1 Å². The van der Waals surface area contributed by atoms with E-state index in [0.717, 1.165) is 5.56 Å². The molecule has 116 valence electrons. The molecule has 0 spiro atoms. The van der Waals surface area contributed by atoms with Gasteiger partial charge in [-0.15, -0.1) is 0 Å². The summed E-state index contributed by atoms with van der Waals surface area (Å²) in [4.78, 5) is 35.4. The van der Waals surface area contributed by atoms with Crippen LogP contribution in [0.3, 0.4) is 0 Å². The third-order valence-corrected chi connectivity index (χ3v) is 3.57. The Bertz CT molecular complexity index is 1010. The van der Waals surface area contributed by atoms with Gasteiger partial charge in [0.1, 0.15) is 0 Å². The van der Waals surface area contributed by atoms with Crippen LogP contribution in [0.2, 0.25) is 5.02 Å². The Morgan fingerprint density at radius 3 is 2.48 bits per heavy atom. The molecule has 7 heteroatoms. The molecule has 0 aliphatic carbocycles. The molecule has 23 heavy (non-hydrogen) atoms. The molecule has 0 fully saturated rings. The molecule has 0 saturated carbocycles. The number of amides is 1. The lowest BCUT2D eigenvalue weighted by molar-refractivity contribution is -0.115. The maximum Gasteiger partial charge on any atom is 0.270 e. The zero-order chi connectivity index (χ0) is 16.4. The lowest BCUT2D eigenvalue weighted by atomic mass is 10.1. The summed E-state index contributed by atoms with van der Waals surface area (Å²) in [5.41, 5.74) is 0.410. The smallest absolute Gasteiger partial charge is 0.270 e. The fourth-order valence-electron chi connectivity index (χ4n) is 2.29. The van der Waals surface area contributed by atoms with E-state index in [2.05, 4.69) is 15.5 Å². The van der Waals surface area contributed by atoms with E-state index in [0.29, 0.717) is 10.7 Å². The molecular weight excluding hydrogens is 318 g/mol. The van der Waals surface area contributed by atoms with Crippen LogP contribution < -0.4 is 16.4 Å². The van der Waals surface area contributed by atoms with Crippen molar-refractivity contribution in [2.45, 2.75) is 6.42 Å². The number of aromatic nitrogens is 2. The molecule has 0 bridgehead atoms. The first kappa shape index (κ1) is 15.1. The Hall–Kier alpha value is -2.86. The fraction of sp³-hybridized carbons (Fsp3) is 0.0625. The maximum atomic E-state index is 12.1. The molecule has 0 saturated heterocycles. The molecule has 6 nitrogen and oxygen atoms in total. The largest absolute Gasteiger partial charge is 0.326 e. The van der Waals surface area contributed by atoms with Gasteiger partial charge in [0.15, 0.2) is 0 Å². The zero-order valence-electron chi connectivity index (χ0n) is 11.9. The number of anilines is 1. The van der Waals surface area contributed by atoms with Crippen LogP contribution in [0.15, 0.2) is 52.1 Å². The lowest BCUT2D eigenvalue weighted by Gasteiger charge is -2.06. The zero-order valence-corrected chi connectivity index (χ0v) is 12.6. The Morgan fingerprint density at radius 2 is 1.74 bits per heavy atom. The number of carbonyl (C=O) groups excluding carboxylic acids is 1. The van der Waals surface area contributed by atoms with E-state index in [9.17, 15) is 14.4 Å². The molecule has 0 unspecified atom stereocenters. The molecule has 1 heterocycles. The van der Waals surface area contributed by atoms with E-state index in [1.807, 2.05) is 0 Å². The third kappa shape index (κ3) is 3.32. The molecule has 3 N–H and O–H groups in total. The molecule has 0 aliphatic heterocycles. The number of rotatable bonds is 3. The number of hydrogen-bond donors (Lipinski definition) is 3. The predicted molar refractivity (Wildman–Crippen MR) is 89.0 cm³/mol. The summed E-state index contributed by atoms with van der Waals surface area (Å²) in [5, 5.41) is 8.24. The van der Waals surface area contributed by atoms with Crippen molar-refractivity contribution in [3.05, 3.63) is 73.8 Å². The fourth-order valence-corrected chi connectivity index (χ4v) is 2.51. The highest BCUT2D eigenvalue weighted by atomic mass is 35.5. The van der Waals surface area contributed by atoms with Gasteiger partial charge >= 0.3 is 0 Å². The summed E-state index contributed by atoms with van der Waals surface area (Å²) in [6, 6.07) is 11.6. The van der Waals surface area contributed by atoms with Gasteiger partial charge in [0.05, 0.1) is 17.2 Å². The monoisotopic (exact) mass is 329 g/mol. The summed E-state index contributed by atoms with van der Waals surface area (Å²) in [5.74, 6) is -0.243. The van der Waals surface area contributed by atoms with Crippen molar-refractivity contribution in [2.75, 3.05) is 5.32 Å². The highest BCUT2D eigenvalue weighted by Crippen LogP contribution is 2.15. The van der Waals surface area contributed by atoms with Gasteiger partial charge in [0.2, 0.25) is 5.91 Å². The first-order valence-corrected chi connectivity index (χ1v) is 7.20. The Kier molecular flexibility index (Phi) is 3.99. The molecule has 3 rings (SSSR count). The normalized spacial score (nSPS) is 10.7. The van der Waals surface area contributed by atoms with Crippen molar-refractivity contribution in [1.82, 2.24) is 10.2 Å². The van der Waals surface area contributed by atoms with Crippen LogP contribution >= 0.6 is 11.6 Å². The number of carbonyl (C=O) groups is 1. The van der Waals surface area contributed by atoms with Crippen LogP contribution in [-0.4, -0.2) is 16.1 Å². The molecule has 0 atom stereocenters. The average molecular weight is 330 g/mol. The van der Waals surface area contributed by atoms with Crippen molar-refractivity contribution >= 4 is 34.0 Å². The molecule has 0 aliphatic rings. The first-order chi connectivity index (χ1) is 11.0. The number of benzene rings is 2. The van der Waals surface area contributed by atoms with Crippen LogP contribution in [-0.2, 0) is 11.2 Å². The molecular formula is C16H12ClN3O3. The summed E-state index contributed by atoms with van der Waals surface area (Å²) < 4.78 is 0. The van der Waals surface area contributed by atoms with Crippen LogP contribution in [0.1, 0.15) is 5.56 Å². The Balaban J connectivity index is 1.84. The Morgan fingerprint density at radius 1 is 1.00 bits per heavy atom. The minimum atomic E-state index is -0.425. The van der Waals surface area contributed by atoms with Crippen molar-refractivity contribution in [3.8, 4) is 0 Å². The highest BCUT2D eigenvalue weighted by molar-refractivity contribution is 6.30. The second-order valence-corrected chi connectivity index (χ2v) is 5.46. The van der Waals surface area contributed by atoms with Gasteiger partial charge in [-0.1, -0.05) is 23.7 Å². The molecule has 0 radical (unpaired) electrons. The molecule has 1 aromatic heterocycles. The van der Waals surface area contributed by atoms with Crippen molar-refractivity contribution in [3.63, 3.8) is 0 Å². The maximum absolute atomic E-state index is 12.1. The van der Waals surface area contributed by atoms with Gasteiger partial charge < -0.3 is 5.32 Å². The summed E-state index contributed by atoms with van der Waals surface area (Å²) in [6.45, 7) is 0. The third-order valence-electron chi connectivity index (χ3n) is 3.34. The van der Waals surface area contributed by atoms with Gasteiger partial charge in [-0.3, -0.25) is 24.6 Å².